The first kappa shape index (κ1) is 16.0. The Morgan fingerprint density at radius 2 is 2.00 bits per heavy atom. The van der Waals surface area contributed by atoms with Crippen LogP contribution in [0.1, 0.15) is 25.2 Å². The molecule has 2 aromatic rings. The highest BCUT2D eigenvalue weighted by Crippen LogP contribution is 2.20. The summed E-state index contributed by atoms with van der Waals surface area (Å²) in [6.07, 6.45) is 2.56. The molecule has 0 bridgehead atoms. The van der Waals surface area contributed by atoms with Crippen molar-refractivity contribution in [3.05, 3.63) is 42.0 Å². The van der Waals surface area contributed by atoms with E-state index in [-0.39, 0.29) is 0 Å². The van der Waals surface area contributed by atoms with Crippen LogP contribution >= 0.6 is 11.8 Å². The third-order valence-corrected chi connectivity index (χ3v) is 4.56. The van der Waals surface area contributed by atoms with E-state index >= 15 is 0 Å². The molecular formula is C16H24N4S. The highest BCUT2D eigenvalue weighted by atomic mass is 32.2. The zero-order valence-electron chi connectivity index (χ0n) is 13.0. The molecule has 2 rings (SSSR count). The number of aromatic nitrogens is 3. The number of nitrogens with zero attached hydrogens (tertiary/aromatic N) is 3. The number of hydrogen-bond acceptors (Lipinski definition) is 4. The van der Waals surface area contributed by atoms with Crippen molar-refractivity contribution in [2.45, 2.75) is 44.7 Å². The average Bonchev–Trinajstić information content (AvgIpc) is 2.94. The predicted molar refractivity (Wildman–Crippen MR) is 88.8 cm³/mol. The molecule has 4 nitrogen and oxygen atoms in total. The molecule has 1 atom stereocenters. The summed E-state index contributed by atoms with van der Waals surface area (Å²) in [5.74, 6) is 2.10. The maximum atomic E-state index is 4.38. The van der Waals surface area contributed by atoms with Crippen LogP contribution in [0.2, 0.25) is 0 Å². The fourth-order valence-corrected chi connectivity index (χ4v) is 3.20. The van der Waals surface area contributed by atoms with Crippen molar-refractivity contribution in [3.63, 3.8) is 0 Å². The van der Waals surface area contributed by atoms with Gasteiger partial charge in [-0.25, -0.2) is 4.98 Å². The number of nitrogens with one attached hydrogen (secondary N) is 1. The summed E-state index contributed by atoms with van der Waals surface area (Å²) in [7, 11) is 0. The number of likely N-dealkylation sites (N-methyl/N-ethyl adjacent to an activating group) is 1. The van der Waals surface area contributed by atoms with Gasteiger partial charge in [-0.15, -0.1) is 11.8 Å². The molecule has 0 radical (unpaired) electrons. The molecule has 21 heavy (non-hydrogen) atoms. The molecular weight excluding hydrogens is 280 g/mol. The Balaban J connectivity index is 1.94. The second kappa shape index (κ2) is 8.20. The zero-order chi connectivity index (χ0) is 15.1. The first-order valence-electron chi connectivity index (χ1n) is 7.52. The van der Waals surface area contributed by atoms with Crippen LogP contribution in [0.25, 0.3) is 0 Å². The van der Waals surface area contributed by atoms with Gasteiger partial charge in [0.05, 0.1) is 0 Å². The molecule has 0 spiro atoms. The Morgan fingerprint density at radius 3 is 2.67 bits per heavy atom. The molecule has 1 aromatic carbocycles. The monoisotopic (exact) mass is 304 g/mol. The van der Waals surface area contributed by atoms with Gasteiger partial charge >= 0.3 is 0 Å². The summed E-state index contributed by atoms with van der Waals surface area (Å²) >= 11 is 1.89. The van der Waals surface area contributed by atoms with Gasteiger partial charge in [-0.05, 0) is 32.5 Å². The molecule has 1 aromatic heterocycles. The smallest absolute Gasteiger partial charge is 0.138 e. The number of aryl methyl sites for hydroxylation is 2. The molecule has 1 N–H and O–H groups in total. The van der Waals surface area contributed by atoms with Gasteiger partial charge < -0.3 is 5.32 Å². The Labute approximate surface area is 131 Å². The van der Waals surface area contributed by atoms with Crippen LogP contribution in [0.15, 0.2) is 35.5 Å². The molecule has 0 aliphatic rings. The molecule has 0 aliphatic carbocycles. The van der Waals surface area contributed by atoms with E-state index in [4.69, 9.17) is 0 Å². The first-order chi connectivity index (χ1) is 10.2. The lowest BCUT2D eigenvalue weighted by atomic mass is 10.2. The van der Waals surface area contributed by atoms with Gasteiger partial charge in [0.2, 0.25) is 0 Å². The lowest BCUT2D eigenvalue weighted by molar-refractivity contribution is 0.527. The largest absolute Gasteiger partial charge is 0.313 e. The van der Waals surface area contributed by atoms with Gasteiger partial charge in [0.15, 0.2) is 0 Å². The number of hydrogen-bond donors (Lipinski definition) is 1. The van der Waals surface area contributed by atoms with E-state index < -0.39 is 0 Å². The normalized spacial score (nSPS) is 12.5. The summed E-state index contributed by atoms with van der Waals surface area (Å²) in [5.41, 5.74) is 1.30. The lowest BCUT2D eigenvalue weighted by Crippen LogP contribution is -2.34. The topological polar surface area (TPSA) is 42.7 Å². The van der Waals surface area contributed by atoms with E-state index in [0.717, 1.165) is 31.1 Å². The third kappa shape index (κ3) is 4.86. The molecule has 0 saturated carbocycles. The van der Waals surface area contributed by atoms with Gasteiger partial charge in [-0.2, -0.15) is 5.10 Å². The van der Waals surface area contributed by atoms with E-state index in [9.17, 15) is 0 Å². The standard InChI is InChI=1S/C16H24N4S/c1-4-17-14(10-16-18-12-19-20(16)5-2)11-21-15-8-6-13(3)7-9-15/h6-9,12,14,17H,4-5,10-11H2,1-3H3. The van der Waals surface area contributed by atoms with Gasteiger partial charge in [-0.1, -0.05) is 24.6 Å². The third-order valence-electron chi connectivity index (χ3n) is 3.39. The summed E-state index contributed by atoms with van der Waals surface area (Å²) in [6, 6.07) is 9.13. The average molecular weight is 304 g/mol. The van der Waals surface area contributed by atoms with Crippen LogP contribution in [-0.2, 0) is 13.0 Å². The van der Waals surface area contributed by atoms with Crippen LogP contribution < -0.4 is 5.32 Å². The first-order valence-corrected chi connectivity index (χ1v) is 8.51. The maximum Gasteiger partial charge on any atom is 0.138 e. The minimum Gasteiger partial charge on any atom is -0.313 e. The highest BCUT2D eigenvalue weighted by Gasteiger charge is 2.13. The highest BCUT2D eigenvalue weighted by molar-refractivity contribution is 7.99. The quantitative estimate of drug-likeness (QED) is 0.762. The van der Waals surface area contributed by atoms with Crippen LogP contribution in [0, 0.1) is 6.92 Å². The Bertz CT molecular complexity index is 535. The Morgan fingerprint density at radius 1 is 1.24 bits per heavy atom. The van der Waals surface area contributed by atoms with Crippen LogP contribution in [0.5, 0.6) is 0 Å². The van der Waals surface area contributed by atoms with Crippen molar-refractivity contribution in [1.82, 2.24) is 20.1 Å². The molecule has 1 heterocycles. The van der Waals surface area contributed by atoms with Crippen molar-refractivity contribution in [2.75, 3.05) is 12.3 Å². The molecule has 0 aliphatic heterocycles. The van der Waals surface area contributed by atoms with E-state index in [0.29, 0.717) is 6.04 Å². The molecule has 5 heteroatoms. The van der Waals surface area contributed by atoms with Crippen molar-refractivity contribution < 1.29 is 0 Å². The van der Waals surface area contributed by atoms with Gasteiger partial charge in [0, 0.05) is 29.7 Å². The van der Waals surface area contributed by atoms with Crippen molar-refractivity contribution in [2.24, 2.45) is 0 Å². The van der Waals surface area contributed by atoms with Crippen molar-refractivity contribution >= 4 is 11.8 Å². The maximum absolute atomic E-state index is 4.38. The molecule has 1 unspecified atom stereocenters. The van der Waals surface area contributed by atoms with Gasteiger partial charge in [0.1, 0.15) is 12.2 Å². The van der Waals surface area contributed by atoms with E-state index in [1.165, 1.54) is 10.5 Å². The SMILES string of the molecule is CCNC(CSc1ccc(C)cc1)Cc1ncnn1CC. The number of thioether (sulfide) groups is 1. The fourth-order valence-electron chi connectivity index (χ4n) is 2.24. The Kier molecular flexibility index (Phi) is 6.26. The van der Waals surface area contributed by atoms with E-state index in [2.05, 4.69) is 60.4 Å². The fraction of sp³-hybridized carbons (Fsp3) is 0.500. The summed E-state index contributed by atoms with van der Waals surface area (Å²) in [5, 5.41) is 7.80. The molecule has 0 fully saturated rings. The summed E-state index contributed by atoms with van der Waals surface area (Å²) < 4.78 is 1.97. The second-order valence-electron chi connectivity index (χ2n) is 5.07. The lowest BCUT2D eigenvalue weighted by Gasteiger charge is -2.17. The van der Waals surface area contributed by atoms with Gasteiger partial charge in [0.25, 0.3) is 0 Å². The summed E-state index contributed by atoms with van der Waals surface area (Å²) in [6.45, 7) is 8.21. The van der Waals surface area contributed by atoms with Crippen molar-refractivity contribution in [1.29, 1.82) is 0 Å². The van der Waals surface area contributed by atoms with Crippen LogP contribution in [0.4, 0.5) is 0 Å². The minimum absolute atomic E-state index is 0.413. The zero-order valence-corrected chi connectivity index (χ0v) is 13.9. The van der Waals surface area contributed by atoms with Crippen LogP contribution in [-0.4, -0.2) is 33.1 Å². The summed E-state index contributed by atoms with van der Waals surface area (Å²) in [4.78, 5) is 5.70. The predicted octanol–water partition coefficient (Wildman–Crippen LogP) is 2.92. The van der Waals surface area contributed by atoms with E-state index in [1.807, 2.05) is 16.4 Å². The van der Waals surface area contributed by atoms with Crippen molar-refractivity contribution in [3.8, 4) is 0 Å². The minimum atomic E-state index is 0.413. The number of benzene rings is 1. The number of rotatable bonds is 8. The molecule has 0 saturated heterocycles. The van der Waals surface area contributed by atoms with Crippen LogP contribution in [0.3, 0.4) is 0 Å². The van der Waals surface area contributed by atoms with Gasteiger partial charge in [-0.3, -0.25) is 4.68 Å². The van der Waals surface area contributed by atoms with E-state index in [1.54, 1.807) is 6.33 Å². The molecule has 114 valence electrons. The second-order valence-corrected chi connectivity index (χ2v) is 6.17. The Hall–Kier alpha value is -1.33. The molecule has 0 amide bonds.